The van der Waals surface area contributed by atoms with Crippen LogP contribution >= 0.6 is 0 Å². The molecule has 0 aliphatic carbocycles. The molecule has 1 aromatic heterocycles. The Labute approximate surface area is 114 Å². The van der Waals surface area contributed by atoms with Crippen molar-refractivity contribution < 1.29 is 4.74 Å². The predicted molar refractivity (Wildman–Crippen MR) is 79.8 cm³/mol. The smallest absolute Gasteiger partial charge is 0.143 e. The minimum atomic E-state index is 0.209. The Balaban J connectivity index is 2.74. The number of fused-ring (bicyclic) bond motifs is 1. The molecule has 0 aliphatic heterocycles. The van der Waals surface area contributed by atoms with Crippen molar-refractivity contribution in [3.63, 3.8) is 0 Å². The molecule has 0 fully saturated rings. The van der Waals surface area contributed by atoms with E-state index in [-0.39, 0.29) is 6.04 Å². The lowest BCUT2D eigenvalue weighted by Crippen LogP contribution is -2.27. The van der Waals surface area contributed by atoms with Crippen LogP contribution in [0.2, 0.25) is 0 Å². The number of nitrogens with one attached hydrogen (secondary N) is 1. The van der Waals surface area contributed by atoms with Crippen LogP contribution in [0.25, 0.3) is 10.9 Å². The summed E-state index contributed by atoms with van der Waals surface area (Å²) in [6.07, 6.45) is 0. The van der Waals surface area contributed by atoms with Gasteiger partial charge in [0, 0.05) is 23.7 Å². The average molecular weight is 261 g/mol. The van der Waals surface area contributed by atoms with Crippen LogP contribution in [0.1, 0.15) is 22.9 Å². The summed E-state index contributed by atoms with van der Waals surface area (Å²) < 4.78 is 5.47. The van der Waals surface area contributed by atoms with E-state index in [1.165, 1.54) is 16.5 Å². The Morgan fingerprint density at radius 3 is 2.53 bits per heavy atom. The van der Waals surface area contributed by atoms with Gasteiger partial charge in [0.2, 0.25) is 0 Å². The maximum Gasteiger partial charge on any atom is 0.143 e. The minimum Gasteiger partial charge on any atom is -0.495 e. The van der Waals surface area contributed by atoms with Gasteiger partial charge in [-0.2, -0.15) is 0 Å². The van der Waals surface area contributed by atoms with Gasteiger partial charge in [0.05, 0.1) is 12.6 Å². The van der Waals surface area contributed by atoms with Gasteiger partial charge in [0.1, 0.15) is 5.75 Å². The third kappa shape index (κ3) is 2.33. The highest BCUT2D eigenvalue weighted by Gasteiger charge is 2.21. The molecule has 0 saturated heterocycles. The fourth-order valence-electron chi connectivity index (χ4n) is 2.73. The molecule has 2 aromatic rings. The fraction of sp³-hybridized carbons (Fsp3) is 0.467. The van der Waals surface area contributed by atoms with Gasteiger partial charge in [-0.25, -0.2) is 0 Å². The lowest BCUT2D eigenvalue weighted by molar-refractivity contribution is 0.307. The Morgan fingerprint density at radius 1 is 1.32 bits per heavy atom. The molecule has 1 unspecified atom stereocenters. The summed E-state index contributed by atoms with van der Waals surface area (Å²) in [6, 6.07) is 4.46. The first-order valence-electron chi connectivity index (χ1n) is 6.52. The normalized spacial score (nSPS) is 13.2. The van der Waals surface area contributed by atoms with E-state index in [2.05, 4.69) is 50.0 Å². The van der Waals surface area contributed by atoms with Crippen molar-refractivity contribution in [3.05, 3.63) is 29.0 Å². The standard InChI is InChI=1S/C15H23N3O/c1-9-6-11-14(12(8-16)18(3)4)10(2)17-15(11)13(7-9)19-5/h6-7,12,17H,8,16H2,1-5H3. The number of methoxy groups -OCH3 is 1. The van der Waals surface area contributed by atoms with Crippen LogP contribution in [0.4, 0.5) is 0 Å². The number of hydrogen-bond acceptors (Lipinski definition) is 3. The van der Waals surface area contributed by atoms with Gasteiger partial charge in [0.25, 0.3) is 0 Å². The van der Waals surface area contributed by atoms with Crippen molar-refractivity contribution in [1.82, 2.24) is 9.88 Å². The van der Waals surface area contributed by atoms with E-state index in [9.17, 15) is 0 Å². The van der Waals surface area contributed by atoms with Gasteiger partial charge in [0.15, 0.2) is 0 Å². The Kier molecular flexibility index (Phi) is 3.83. The molecule has 0 amide bonds. The number of ether oxygens (including phenoxy) is 1. The van der Waals surface area contributed by atoms with E-state index in [1.54, 1.807) is 7.11 Å². The second-order valence-electron chi connectivity index (χ2n) is 5.27. The quantitative estimate of drug-likeness (QED) is 0.888. The van der Waals surface area contributed by atoms with Crippen molar-refractivity contribution in [2.75, 3.05) is 27.7 Å². The number of aromatic nitrogens is 1. The van der Waals surface area contributed by atoms with Gasteiger partial charge in [-0.15, -0.1) is 0 Å². The Hall–Kier alpha value is -1.52. The highest BCUT2D eigenvalue weighted by Crippen LogP contribution is 2.35. The van der Waals surface area contributed by atoms with Crippen LogP contribution in [0.15, 0.2) is 12.1 Å². The first kappa shape index (κ1) is 13.9. The van der Waals surface area contributed by atoms with Gasteiger partial charge in [-0.3, -0.25) is 0 Å². The zero-order valence-corrected chi connectivity index (χ0v) is 12.4. The largest absolute Gasteiger partial charge is 0.495 e. The van der Waals surface area contributed by atoms with Gasteiger partial charge >= 0.3 is 0 Å². The molecule has 19 heavy (non-hydrogen) atoms. The second-order valence-corrected chi connectivity index (χ2v) is 5.27. The summed E-state index contributed by atoms with van der Waals surface area (Å²) in [5, 5.41) is 1.21. The summed E-state index contributed by atoms with van der Waals surface area (Å²) >= 11 is 0. The van der Waals surface area contributed by atoms with E-state index >= 15 is 0 Å². The maximum absolute atomic E-state index is 5.95. The van der Waals surface area contributed by atoms with Gasteiger partial charge < -0.3 is 20.4 Å². The molecule has 1 aromatic carbocycles. The molecule has 0 bridgehead atoms. The van der Waals surface area contributed by atoms with Crippen molar-refractivity contribution in [1.29, 1.82) is 0 Å². The van der Waals surface area contributed by atoms with Crippen LogP contribution in [-0.2, 0) is 0 Å². The highest BCUT2D eigenvalue weighted by molar-refractivity contribution is 5.90. The third-order valence-electron chi connectivity index (χ3n) is 3.65. The predicted octanol–water partition coefficient (Wildman–Crippen LogP) is 2.35. The number of H-pyrrole nitrogens is 1. The fourth-order valence-corrected chi connectivity index (χ4v) is 2.73. The number of nitrogens with two attached hydrogens (primary N) is 1. The van der Waals surface area contributed by atoms with Crippen LogP contribution < -0.4 is 10.5 Å². The van der Waals surface area contributed by atoms with Crippen molar-refractivity contribution in [3.8, 4) is 5.75 Å². The molecule has 1 heterocycles. The lowest BCUT2D eigenvalue weighted by Gasteiger charge is -2.23. The topological polar surface area (TPSA) is 54.3 Å². The molecule has 0 radical (unpaired) electrons. The monoisotopic (exact) mass is 261 g/mol. The van der Waals surface area contributed by atoms with Crippen LogP contribution in [-0.4, -0.2) is 37.6 Å². The Morgan fingerprint density at radius 2 is 2.00 bits per heavy atom. The zero-order chi connectivity index (χ0) is 14.2. The molecular weight excluding hydrogens is 238 g/mol. The lowest BCUT2D eigenvalue weighted by atomic mass is 10.0. The summed E-state index contributed by atoms with van der Waals surface area (Å²) in [6.45, 7) is 4.77. The van der Waals surface area contributed by atoms with E-state index in [4.69, 9.17) is 10.5 Å². The van der Waals surface area contributed by atoms with Crippen molar-refractivity contribution in [2.45, 2.75) is 19.9 Å². The minimum absolute atomic E-state index is 0.209. The van der Waals surface area contributed by atoms with E-state index in [0.29, 0.717) is 6.54 Å². The number of benzene rings is 1. The summed E-state index contributed by atoms with van der Waals surface area (Å²) in [5.41, 5.74) is 10.6. The number of aryl methyl sites for hydroxylation is 2. The molecule has 0 spiro atoms. The van der Waals surface area contributed by atoms with Crippen molar-refractivity contribution >= 4 is 10.9 Å². The molecule has 2 rings (SSSR count). The number of nitrogens with zero attached hydrogens (tertiary/aromatic N) is 1. The van der Waals surface area contributed by atoms with E-state index in [0.717, 1.165) is 17.0 Å². The van der Waals surface area contributed by atoms with E-state index < -0.39 is 0 Å². The summed E-state index contributed by atoms with van der Waals surface area (Å²) in [4.78, 5) is 5.59. The van der Waals surface area contributed by atoms with Crippen LogP contribution in [0.3, 0.4) is 0 Å². The van der Waals surface area contributed by atoms with Crippen LogP contribution in [0.5, 0.6) is 5.75 Å². The second kappa shape index (κ2) is 5.23. The molecule has 0 saturated carbocycles. The number of rotatable bonds is 4. The van der Waals surface area contributed by atoms with Gasteiger partial charge in [-0.1, -0.05) is 0 Å². The van der Waals surface area contributed by atoms with E-state index in [1.807, 2.05) is 0 Å². The first-order valence-corrected chi connectivity index (χ1v) is 6.52. The SMILES string of the molecule is COc1cc(C)cc2c(C(CN)N(C)C)c(C)[nH]c12. The highest BCUT2D eigenvalue weighted by atomic mass is 16.5. The molecule has 1 atom stereocenters. The average Bonchev–Trinajstić information content (AvgIpc) is 2.66. The third-order valence-corrected chi connectivity index (χ3v) is 3.65. The number of aromatic amines is 1. The molecule has 0 aliphatic rings. The number of likely N-dealkylation sites (N-methyl/N-ethyl adjacent to an activating group) is 1. The molecule has 3 N–H and O–H groups in total. The zero-order valence-electron chi connectivity index (χ0n) is 12.4. The van der Waals surface area contributed by atoms with Crippen LogP contribution in [0, 0.1) is 13.8 Å². The Bertz CT molecular complexity index is 587. The molecular formula is C15H23N3O. The van der Waals surface area contributed by atoms with Gasteiger partial charge in [-0.05, 0) is 51.2 Å². The summed E-state index contributed by atoms with van der Waals surface area (Å²) in [7, 11) is 5.82. The summed E-state index contributed by atoms with van der Waals surface area (Å²) in [5.74, 6) is 0.888. The molecule has 4 heteroatoms. The molecule has 104 valence electrons. The number of hydrogen-bond donors (Lipinski definition) is 2. The molecule has 4 nitrogen and oxygen atoms in total. The van der Waals surface area contributed by atoms with Crippen molar-refractivity contribution in [2.24, 2.45) is 5.73 Å². The first-order chi connectivity index (χ1) is 8.99. The maximum atomic E-state index is 5.95.